The molecule has 0 bridgehead atoms. The quantitative estimate of drug-likeness (QED) is 0.439. The highest BCUT2D eigenvalue weighted by Gasteiger charge is 2.39. The zero-order valence-corrected chi connectivity index (χ0v) is 5.91. The molecule has 0 rings (SSSR count). The average Bonchev–Trinajstić information content (AvgIpc) is 1.85. The molecule has 0 saturated heterocycles. The molecule has 0 heterocycles. The molecule has 0 spiro atoms. The number of hydrazine groups is 2. The Labute approximate surface area is 65.4 Å². The summed E-state index contributed by atoms with van der Waals surface area (Å²) in [6.45, 7) is 0.841. The first-order valence-electron chi connectivity index (χ1n) is 2.68. The third kappa shape index (κ3) is 2.04. The van der Waals surface area contributed by atoms with Crippen molar-refractivity contribution in [2.45, 2.75) is 13.0 Å². The van der Waals surface area contributed by atoms with Gasteiger partial charge in [0.15, 0.2) is 5.12 Å². The summed E-state index contributed by atoms with van der Waals surface area (Å²) in [7, 11) is 0. The molecule has 0 radical (unpaired) electrons. The molecule has 0 aliphatic carbocycles. The highest BCUT2D eigenvalue weighted by Crippen LogP contribution is 1.98. The first-order valence-corrected chi connectivity index (χ1v) is 2.68. The minimum absolute atomic E-state index is 0.581. The van der Waals surface area contributed by atoms with Crippen molar-refractivity contribution in [3.8, 4) is 0 Å². The van der Waals surface area contributed by atoms with Crippen LogP contribution in [0.25, 0.3) is 0 Å². The van der Waals surface area contributed by atoms with Crippen LogP contribution in [0.3, 0.4) is 0 Å². The molecule has 9 heteroatoms. The zero-order valence-electron chi connectivity index (χ0n) is 5.91. The van der Waals surface area contributed by atoms with Gasteiger partial charge in [-0.25, -0.2) is 25.0 Å². The van der Waals surface area contributed by atoms with E-state index in [0.29, 0.717) is 0 Å². The number of carbonyl (C=O) groups is 1. The Balaban J connectivity index is 4.63. The van der Waals surface area contributed by atoms with Crippen molar-refractivity contribution in [1.29, 1.82) is 0 Å². The fourth-order valence-electron chi connectivity index (χ4n) is 0.441. The van der Waals surface area contributed by atoms with Crippen molar-refractivity contribution in [3.05, 3.63) is 20.2 Å². The van der Waals surface area contributed by atoms with Crippen molar-refractivity contribution in [1.82, 2.24) is 5.12 Å². The van der Waals surface area contributed by atoms with E-state index in [1.165, 1.54) is 0 Å². The Kier molecular flexibility index (Phi) is 2.90. The molecule has 1 N–H and O–H groups in total. The fourth-order valence-corrected chi connectivity index (χ4v) is 0.441. The number of carboxylic acid groups (broad SMARTS) is 1. The van der Waals surface area contributed by atoms with E-state index in [1.807, 2.05) is 0 Å². The largest absolute Gasteiger partial charge is 0.479 e. The number of aliphatic carboxylic acids is 1. The van der Waals surface area contributed by atoms with Crippen LogP contribution >= 0.6 is 0 Å². The molecule has 12 heavy (non-hydrogen) atoms. The second-order valence-corrected chi connectivity index (χ2v) is 1.81. The summed E-state index contributed by atoms with van der Waals surface area (Å²) >= 11 is 0. The highest BCUT2D eigenvalue weighted by molar-refractivity contribution is 5.72. The van der Waals surface area contributed by atoms with E-state index in [1.54, 1.807) is 0 Å². The number of hydrogen-bond acceptors (Lipinski definition) is 5. The molecule has 0 amide bonds. The number of carboxylic acids is 1. The van der Waals surface area contributed by atoms with Gasteiger partial charge in [0.25, 0.3) is 6.04 Å². The maximum atomic E-state index is 10.1. The Bertz CT molecular complexity index is 212. The molecule has 0 aliphatic rings. The van der Waals surface area contributed by atoms with Gasteiger partial charge in [-0.2, -0.15) is 0 Å². The lowest BCUT2D eigenvalue weighted by Crippen LogP contribution is -2.46. The van der Waals surface area contributed by atoms with Crippen molar-refractivity contribution < 1.29 is 20.0 Å². The van der Waals surface area contributed by atoms with Gasteiger partial charge in [0.05, 0.1) is 0 Å². The van der Waals surface area contributed by atoms with Crippen LogP contribution in [-0.2, 0) is 4.79 Å². The monoisotopic (exact) mass is 179 g/mol. The molecule has 0 unspecified atom stereocenters. The first kappa shape index (κ1) is 10.1. The second-order valence-electron chi connectivity index (χ2n) is 1.81. The van der Waals surface area contributed by atoms with Gasteiger partial charge >= 0.3 is 5.97 Å². The Morgan fingerprint density at radius 1 is 1.42 bits per heavy atom. The van der Waals surface area contributed by atoms with Gasteiger partial charge in [-0.15, -0.1) is 0 Å². The van der Waals surface area contributed by atoms with Crippen LogP contribution in [0, 0.1) is 20.2 Å². The van der Waals surface area contributed by atoms with Gasteiger partial charge in [-0.3, -0.25) is 0 Å². The van der Waals surface area contributed by atoms with Crippen LogP contribution in [0.2, 0.25) is 0 Å². The molecule has 0 aromatic rings. The number of rotatable bonds is 4. The molecule has 1 atom stereocenters. The Morgan fingerprint density at radius 2 is 1.75 bits per heavy atom. The van der Waals surface area contributed by atoms with E-state index in [4.69, 9.17) is 5.11 Å². The van der Waals surface area contributed by atoms with Crippen molar-refractivity contribution in [2.75, 3.05) is 0 Å². The number of hydrogen-bond donors (Lipinski definition) is 1. The van der Waals surface area contributed by atoms with E-state index in [-0.39, 0.29) is 0 Å². The standard InChI is InChI=1S/C3H5N3O6/c1-2(3(7)8)4(5(9)10)6(11)12/h2H,1H3,(H,7,8)/t2-/m0/s1. The third-order valence-corrected chi connectivity index (χ3v) is 1.04. The highest BCUT2D eigenvalue weighted by atomic mass is 16.8. The number of nitrogens with zero attached hydrogens (tertiary/aromatic N) is 3. The maximum Gasteiger partial charge on any atom is 0.339 e. The van der Waals surface area contributed by atoms with Gasteiger partial charge in [0, 0.05) is 0 Å². The predicted octanol–water partition coefficient (Wildman–Crippen LogP) is -0.855. The van der Waals surface area contributed by atoms with Gasteiger partial charge in [0.2, 0.25) is 10.1 Å². The number of nitro groups is 2. The van der Waals surface area contributed by atoms with Gasteiger partial charge in [0.1, 0.15) is 0 Å². The van der Waals surface area contributed by atoms with Crippen molar-refractivity contribution in [2.24, 2.45) is 0 Å². The summed E-state index contributed by atoms with van der Waals surface area (Å²) < 4.78 is 0. The van der Waals surface area contributed by atoms with Gasteiger partial charge < -0.3 is 5.11 Å². The smallest absolute Gasteiger partial charge is 0.339 e. The summed E-state index contributed by atoms with van der Waals surface area (Å²) in [5.41, 5.74) is 0. The summed E-state index contributed by atoms with van der Waals surface area (Å²) in [6, 6.07) is -1.80. The normalized spacial score (nSPS) is 11.8. The molecular weight excluding hydrogens is 174 g/mol. The maximum absolute atomic E-state index is 10.1. The summed E-state index contributed by atoms with van der Waals surface area (Å²) in [5.74, 6) is -1.64. The minimum Gasteiger partial charge on any atom is -0.479 e. The minimum atomic E-state index is -1.80. The molecule has 0 saturated carbocycles. The van der Waals surface area contributed by atoms with Crippen LogP contribution in [-0.4, -0.2) is 32.3 Å². The molecule has 68 valence electrons. The van der Waals surface area contributed by atoms with E-state index in [2.05, 4.69) is 0 Å². The predicted molar refractivity (Wildman–Crippen MR) is 32.9 cm³/mol. The summed E-state index contributed by atoms with van der Waals surface area (Å²) in [5, 5.41) is 24.7. The van der Waals surface area contributed by atoms with Crippen LogP contribution in [0.4, 0.5) is 0 Å². The Hall–Kier alpha value is -1.93. The molecule has 0 aromatic carbocycles. The first-order chi connectivity index (χ1) is 5.37. The van der Waals surface area contributed by atoms with Crippen LogP contribution < -0.4 is 0 Å². The van der Waals surface area contributed by atoms with E-state index in [0.717, 1.165) is 6.92 Å². The van der Waals surface area contributed by atoms with E-state index in [9.17, 15) is 25.0 Å². The molecule has 0 fully saturated rings. The van der Waals surface area contributed by atoms with Crippen molar-refractivity contribution >= 4 is 5.97 Å². The third-order valence-electron chi connectivity index (χ3n) is 1.04. The van der Waals surface area contributed by atoms with Crippen molar-refractivity contribution in [3.63, 3.8) is 0 Å². The fraction of sp³-hybridized carbons (Fsp3) is 0.667. The lowest BCUT2D eigenvalue weighted by molar-refractivity contribution is -0.911. The van der Waals surface area contributed by atoms with Crippen LogP contribution in [0.1, 0.15) is 6.92 Å². The SMILES string of the molecule is C[C@@H](C(=O)O)N([N+](=O)[O-])[N+](=O)[O-]. The lowest BCUT2D eigenvalue weighted by atomic mass is 10.4. The zero-order chi connectivity index (χ0) is 9.89. The average molecular weight is 179 g/mol. The van der Waals surface area contributed by atoms with Crippen LogP contribution in [0.15, 0.2) is 0 Å². The van der Waals surface area contributed by atoms with Gasteiger partial charge in [-0.1, -0.05) is 0 Å². The van der Waals surface area contributed by atoms with E-state index >= 15 is 0 Å². The molecular formula is C3H5N3O6. The van der Waals surface area contributed by atoms with Crippen LogP contribution in [0.5, 0.6) is 0 Å². The molecule has 0 aliphatic heterocycles. The summed E-state index contributed by atoms with van der Waals surface area (Å²) in [6.07, 6.45) is 0. The lowest BCUT2D eigenvalue weighted by Gasteiger charge is -2.06. The van der Waals surface area contributed by atoms with E-state index < -0.39 is 27.2 Å². The molecule has 9 nitrogen and oxygen atoms in total. The Morgan fingerprint density at radius 3 is 1.83 bits per heavy atom. The summed E-state index contributed by atoms with van der Waals surface area (Å²) in [4.78, 5) is 29.9. The second kappa shape index (κ2) is 3.46. The van der Waals surface area contributed by atoms with Gasteiger partial charge in [-0.05, 0) is 6.92 Å². The molecule has 0 aromatic heterocycles. The topological polar surface area (TPSA) is 127 Å².